The Balaban J connectivity index is 1.74. The van der Waals surface area contributed by atoms with Gasteiger partial charge in [0, 0.05) is 44.9 Å². The molecule has 2 N–H and O–H groups in total. The highest BCUT2D eigenvalue weighted by Gasteiger charge is 2.16. The van der Waals surface area contributed by atoms with E-state index in [9.17, 15) is 5.11 Å². The van der Waals surface area contributed by atoms with E-state index in [1.807, 2.05) is 6.07 Å². The van der Waals surface area contributed by atoms with Crippen LogP contribution in [0, 0.1) is 0 Å². The third-order valence-corrected chi connectivity index (χ3v) is 3.24. The first kappa shape index (κ1) is 14.9. The standard InChI is InChI=1S/C14H22N2O4/c1-16(5-6-18-2)4-3-15-9-11-7-13-14(8-12(11)17)20-10-19-13/h7-8,15,17H,3-6,9-10H2,1-2H3. The molecule has 0 amide bonds. The summed E-state index contributed by atoms with van der Waals surface area (Å²) in [4.78, 5) is 2.19. The molecule has 0 unspecified atom stereocenters. The summed E-state index contributed by atoms with van der Waals surface area (Å²) in [6, 6.07) is 3.42. The van der Waals surface area contributed by atoms with Crippen molar-refractivity contribution in [1.82, 2.24) is 10.2 Å². The first-order chi connectivity index (χ1) is 9.70. The maximum absolute atomic E-state index is 9.90. The fourth-order valence-corrected chi connectivity index (χ4v) is 1.97. The van der Waals surface area contributed by atoms with Gasteiger partial charge in [0.25, 0.3) is 0 Å². The van der Waals surface area contributed by atoms with Gasteiger partial charge in [-0.2, -0.15) is 0 Å². The van der Waals surface area contributed by atoms with Gasteiger partial charge in [0.05, 0.1) is 6.61 Å². The number of ether oxygens (including phenoxy) is 3. The molecular weight excluding hydrogens is 260 g/mol. The summed E-state index contributed by atoms with van der Waals surface area (Å²) in [5.41, 5.74) is 0.814. The van der Waals surface area contributed by atoms with Gasteiger partial charge in [0.15, 0.2) is 11.5 Å². The van der Waals surface area contributed by atoms with Gasteiger partial charge >= 0.3 is 0 Å². The number of benzene rings is 1. The summed E-state index contributed by atoms with van der Waals surface area (Å²) in [7, 11) is 3.76. The van der Waals surface area contributed by atoms with Crippen LogP contribution >= 0.6 is 0 Å². The van der Waals surface area contributed by atoms with Crippen LogP contribution in [-0.2, 0) is 11.3 Å². The smallest absolute Gasteiger partial charge is 0.231 e. The molecule has 0 atom stereocenters. The van der Waals surface area contributed by atoms with E-state index in [1.165, 1.54) is 0 Å². The summed E-state index contributed by atoms with van der Waals surface area (Å²) in [5.74, 6) is 1.52. The van der Waals surface area contributed by atoms with Gasteiger partial charge in [-0.05, 0) is 13.1 Å². The predicted octanol–water partition coefficient (Wildman–Crippen LogP) is 0.789. The van der Waals surface area contributed by atoms with Crippen molar-refractivity contribution in [2.24, 2.45) is 0 Å². The summed E-state index contributed by atoms with van der Waals surface area (Å²) in [6.45, 7) is 4.23. The van der Waals surface area contributed by atoms with Gasteiger partial charge in [0.1, 0.15) is 5.75 Å². The summed E-state index contributed by atoms with van der Waals surface area (Å²) >= 11 is 0. The van der Waals surface area contributed by atoms with Gasteiger partial charge in [-0.3, -0.25) is 0 Å². The number of fused-ring (bicyclic) bond motifs is 1. The van der Waals surface area contributed by atoms with Crippen molar-refractivity contribution in [3.8, 4) is 17.2 Å². The van der Waals surface area contributed by atoms with E-state index in [4.69, 9.17) is 14.2 Å². The Labute approximate surface area is 119 Å². The molecule has 1 heterocycles. The number of rotatable bonds is 8. The topological polar surface area (TPSA) is 63.2 Å². The number of likely N-dealkylation sites (N-methyl/N-ethyl adjacent to an activating group) is 1. The zero-order chi connectivity index (χ0) is 14.4. The largest absolute Gasteiger partial charge is 0.507 e. The normalized spacial score (nSPS) is 13.2. The van der Waals surface area contributed by atoms with Crippen LogP contribution in [0.3, 0.4) is 0 Å². The lowest BCUT2D eigenvalue weighted by Crippen LogP contribution is -2.31. The number of hydrogen-bond acceptors (Lipinski definition) is 6. The van der Waals surface area contributed by atoms with E-state index < -0.39 is 0 Å². The minimum Gasteiger partial charge on any atom is -0.507 e. The Morgan fingerprint density at radius 3 is 2.80 bits per heavy atom. The van der Waals surface area contributed by atoms with E-state index >= 15 is 0 Å². The van der Waals surface area contributed by atoms with Crippen molar-refractivity contribution in [3.05, 3.63) is 17.7 Å². The lowest BCUT2D eigenvalue weighted by Gasteiger charge is -2.16. The van der Waals surface area contributed by atoms with Gasteiger partial charge in [-0.1, -0.05) is 0 Å². The Kier molecular flexibility index (Phi) is 5.46. The molecule has 0 fully saturated rings. The van der Waals surface area contributed by atoms with Crippen molar-refractivity contribution < 1.29 is 19.3 Å². The Bertz CT molecular complexity index is 439. The highest BCUT2D eigenvalue weighted by atomic mass is 16.7. The van der Waals surface area contributed by atoms with Crippen LogP contribution in [0.1, 0.15) is 5.56 Å². The number of aromatic hydroxyl groups is 1. The van der Waals surface area contributed by atoms with E-state index in [1.54, 1.807) is 13.2 Å². The lowest BCUT2D eigenvalue weighted by atomic mass is 10.1. The second-order valence-electron chi connectivity index (χ2n) is 4.81. The van der Waals surface area contributed by atoms with E-state index in [0.29, 0.717) is 18.0 Å². The van der Waals surface area contributed by atoms with Crippen molar-refractivity contribution in [2.75, 3.05) is 47.2 Å². The third-order valence-electron chi connectivity index (χ3n) is 3.24. The van der Waals surface area contributed by atoms with Crippen molar-refractivity contribution in [1.29, 1.82) is 0 Å². The van der Waals surface area contributed by atoms with Crippen LogP contribution in [0.15, 0.2) is 12.1 Å². The second-order valence-corrected chi connectivity index (χ2v) is 4.81. The number of nitrogens with one attached hydrogen (secondary N) is 1. The molecule has 1 aromatic carbocycles. The van der Waals surface area contributed by atoms with Gasteiger partial charge < -0.3 is 29.5 Å². The first-order valence-corrected chi connectivity index (χ1v) is 6.70. The number of nitrogens with zero attached hydrogens (tertiary/aromatic N) is 1. The van der Waals surface area contributed by atoms with Gasteiger partial charge in [-0.25, -0.2) is 0 Å². The summed E-state index contributed by atoms with van der Waals surface area (Å²) < 4.78 is 15.5. The van der Waals surface area contributed by atoms with Crippen LogP contribution < -0.4 is 14.8 Å². The Hall–Kier alpha value is -1.50. The molecule has 6 heteroatoms. The van der Waals surface area contributed by atoms with E-state index in [0.717, 1.165) is 31.8 Å². The quantitative estimate of drug-likeness (QED) is 0.687. The maximum Gasteiger partial charge on any atom is 0.231 e. The molecule has 6 nitrogen and oxygen atoms in total. The summed E-state index contributed by atoms with van der Waals surface area (Å²) in [5, 5.41) is 13.2. The fraction of sp³-hybridized carbons (Fsp3) is 0.571. The molecule has 112 valence electrons. The Morgan fingerprint density at radius 2 is 2.05 bits per heavy atom. The van der Waals surface area contributed by atoms with E-state index in [2.05, 4.69) is 17.3 Å². The summed E-state index contributed by atoms with van der Waals surface area (Å²) in [6.07, 6.45) is 0. The van der Waals surface area contributed by atoms with Crippen LogP contribution in [0.2, 0.25) is 0 Å². The highest BCUT2D eigenvalue weighted by Crippen LogP contribution is 2.37. The van der Waals surface area contributed by atoms with E-state index in [-0.39, 0.29) is 12.5 Å². The zero-order valence-electron chi connectivity index (χ0n) is 12.0. The number of phenols is 1. The molecule has 20 heavy (non-hydrogen) atoms. The minimum atomic E-state index is 0.218. The predicted molar refractivity (Wildman–Crippen MR) is 75.3 cm³/mol. The molecular formula is C14H22N2O4. The number of hydrogen-bond donors (Lipinski definition) is 2. The maximum atomic E-state index is 9.90. The molecule has 0 saturated heterocycles. The molecule has 1 aromatic rings. The molecule has 0 radical (unpaired) electrons. The first-order valence-electron chi connectivity index (χ1n) is 6.70. The molecule has 0 aliphatic carbocycles. The SMILES string of the molecule is COCCN(C)CCNCc1cc2c(cc1O)OCO2. The van der Waals surface area contributed by atoms with Crippen molar-refractivity contribution >= 4 is 0 Å². The second kappa shape index (κ2) is 7.33. The third kappa shape index (κ3) is 4.00. The van der Waals surface area contributed by atoms with Crippen LogP contribution in [0.4, 0.5) is 0 Å². The van der Waals surface area contributed by atoms with Gasteiger partial charge in [0.2, 0.25) is 6.79 Å². The minimum absolute atomic E-state index is 0.218. The molecule has 0 spiro atoms. The molecule has 1 aliphatic rings. The average molecular weight is 282 g/mol. The monoisotopic (exact) mass is 282 g/mol. The molecule has 1 aliphatic heterocycles. The fourth-order valence-electron chi connectivity index (χ4n) is 1.97. The molecule has 0 saturated carbocycles. The van der Waals surface area contributed by atoms with Crippen molar-refractivity contribution in [2.45, 2.75) is 6.54 Å². The number of phenolic OH excluding ortho intramolecular Hbond substituents is 1. The average Bonchev–Trinajstić information content (AvgIpc) is 2.88. The van der Waals surface area contributed by atoms with Crippen LogP contribution in [0.5, 0.6) is 17.2 Å². The molecule has 2 rings (SSSR count). The molecule has 0 aromatic heterocycles. The van der Waals surface area contributed by atoms with Crippen LogP contribution in [0.25, 0.3) is 0 Å². The van der Waals surface area contributed by atoms with Gasteiger partial charge in [-0.15, -0.1) is 0 Å². The Morgan fingerprint density at radius 1 is 1.30 bits per heavy atom. The lowest BCUT2D eigenvalue weighted by molar-refractivity contribution is 0.161. The van der Waals surface area contributed by atoms with Crippen molar-refractivity contribution in [3.63, 3.8) is 0 Å². The molecule has 0 bridgehead atoms. The number of methoxy groups -OCH3 is 1. The zero-order valence-corrected chi connectivity index (χ0v) is 12.0. The van der Waals surface area contributed by atoms with Crippen LogP contribution in [-0.4, -0.2) is 57.2 Å². The highest BCUT2D eigenvalue weighted by molar-refractivity contribution is 5.51.